The third-order valence-electron chi connectivity index (χ3n) is 4.98. The van der Waals surface area contributed by atoms with Gasteiger partial charge in [0.05, 0.1) is 35.1 Å². The van der Waals surface area contributed by atoms with Crippen molar-refractivity contribution in [2.45, 2.75) is 32.5 Å². The molecule has 0 aliphatic carbocycles. The van der Waals surface area contributed by atoms with Gasteiger partial charge in [-0.25, -0.2) is 9.37 Å². The van der Waals surface area contributed by atoms with Gasteiger partial charge in [-0.1, -0.05) is 13.8 Å². The quantitative estimate of drug-likeness (QED) is 0.778. The number of hydrogen-bond donors (Lipinski definition) is 2. The Morgan fingerprint density at radius 1 is 1.38 bits per heavy atom. The monoisotopic (exact) mass is 394 g/mol. The lowest BCUT2D eigenvalue weighted by molar-refractivity contribution is -0.129. The topological polar surface area (TPSA) is 99.9 Å². The van der Waals surface area contributed by atoms with Crippen molar-refractivity contribution in [3.05, 3.63) is 53.5 Å². The third-order valence-corrected chi connectivity index (χ3v) is 4.98. The first-order valence-corrected chi connectivity index (χ1v) is 9.61. The van der Waals surface area contributed by atoms with E-state index in [9.17, 15) is 4.79 Å². The average molecular weight is 394 g/mol. The maximum Gasteiger partial charge on any atom is 0.262 e. The molecular weight excluding hydrogens is 371 g/mol. The van der Waals surface area contributed by atoms with Crippen molar-refractivity contribution >= 4 is 23.6 Å². The number of anilines is 1. The molecule has 0 spiro atoms. The molecule has 2 atom stereocenters. The van der Waals surface area contributed by atoms with Crippen LogP contribution in [0.2, 0.25) is 0 Å². The van der Waals surface area contributed by atoms with Crippen molar-refractivity contribution in [2.24, 2.45) is 0 Å². The van der Waals surface area contributed by atoms with Crippen molar-refractivity contribution in [3.8, 4) is 6.07 Å². The fourth-order valence-electron chi connectivity index (χ4n) is 3.64. The van der Waals surface area contributed by atoms with Gasteiger partial charge < -0.3 is 15.3 Å². The Hall–Kier alpha value is -3.47. The van der Waals surface area contributed by atoms with Crippen molar-refractivity contribution in [1.82, 2.24) is 14.9 Å². The number of nitrogens with zero attached hydrogens (tertiary/aromatic N) is 4. The van der Waals surface area contributed by atoms with Crippen LogP contribution >= 0.6 is 0 Å². The van der Waals surface area contributed by atoms with Crippen LogP contribution in [0, 0.1) is 16.7 Å². The summed E-state index contributed by atoms with van der Waals surface area (Å²) in [6.45, 7) is 4.66. The van der Waals surface area contributed by atoms with Gasteiger partial charge in [0.15, 0.2) is 0 Å². The van der Waals surface area contributed by atoms with Crippen molar-refractivity contribution in [2.75, 3.05) is 18.0 Å². The molecule has 0 radical (unpaired) electrons. The summed E-state index contributed by atoms with van der Waals surface area (Å²) in [5.41, 5.74) is 2.03. The van der Waals surface area contributed by atoms with E-state index in [1.165, 1.54) is 11.1 Å². The van der Waals surface area contributed by atoms with E-state index in [4.69, 9.17) is 10.7 Å². The van der Waals surface area contributed by atoms with Crippen LogP contribution in [0.15, 0.2) is 42.2 Å². The summed E-state index contributed by atoms with van der Waals surface area (Å²) in [4.78, 5) is 23.0. The number of aromatic amines is 1. The first-order chi connectivity index (χ1) is 14.1. The minimum absolute atomic E-state index is 0.116. The minimum Gasteiger partial charge on any atom is -0.360 e. The summed E-state index contributed by atoms with van der Waals surface area (Å²) in [7, 11) is 0. The molecule has 8 heteroatoms. The highest BCUT2D eigenvalue weighted by atomic mass is 19.1. The predicted octanol–water partition coefficient (Wildman–Crippen LogP) is 3.13. The Morgan fingerprint density at radius 2 is 2.17 bits per heavy atom. The fourth-order valence-corrected chi connectivity index (χ4v) is 3.64. The van der Waals surface area contributed by atoms with E-state index in [0.29, 0.717) is 41.3 Å². The number of alkyl halides is 1. The molecule has 2 aliphatic heterocycles. The summed E-state index contributed by atoms with van der Waals surface area (Å²) in [6, 6.07) is 8.41. The number of carbonyl (C=O) groups is 1. The number of nitriles is 1. The van der Waals surface area contributed by atoms with Gasteiger partial charge in [-0.3, -0.25) is 9.69 Å². The number of hydrogen-bond acceptors (Lipinski definition) is 5. The molecule has 0 aromatic carbocycles. The number of carbonyl (C=O) groups excluding carboxylic acids is 1. The second kappa shape index (κ2) is 8.69. The molecule has 4 heterocycles. The molecule has 0 saturated carbocycles. The maximum atomic E-state index is 15.0. The SMILES string of the molecule is CC.N#Cc1ccc(N2CCC(N3C(=O)C(C=N)=C3c3ccc[nH]3)C(F)C2)nc1. The highest BCUT2D eigenvalue weighted by molar-refractivity contribution is 6.26. The molecular formula is C21H23FN6O. The van der Waals surface area contributed by atoms with Gasteiger partial charge in [-0.15, -0.1) is 0 Å². The second-order valence-corrected chi connectivity index (χ2v) is 6.50. The van der Waals surface area contributed by atoms with Crippen LogP contribution in [0.5, 0.6) is 0 Å². The Labute approximate surface area is 169 Å². The van der Waals surface area contributed by atoms with Crippen molar-refractivity contribution < 1.29 is 9.18 Å². The molecule has 2 aromatic rings. The largest absolute Gasteiger partial charge is 0.360 e. The van der Waals surface area contributed by atoms with Crippen LogP contribution in [0.25, 0.3) is 5.70 Å². The first-order valence-electron chi connectivity index (χ1n) is 9.61. The zero-order valence-corrected chi connectivity index (χ0v) is 16.4. The van der Waals surface area contributed by atoms with Crippen LogP contribution < -0.4 is 4.90 Å². The van der Waals surface area contributed by atoms with Gasteiger partial charge >= 0.3 is 0 Å². The van der Waals surface area contributed by atoms with Crippen molar-refractivity contribution in [1.29, 1.82) is 10.7 Å². The number of piperidine rings is 1. The predicted molar refractivity (Wildman–Crippen MR) is 109 cm³/mol. The lowest BCUT2D eigenvalue weighted by atomic mass is 9.92. The number of H-pyrrole nitrogens is 1. The van der Waals surface area contributed by atoms with Crippen molar-refractivity contribution in [3.63, 3.8) is 0 Å². The molecule has 2 aliphatic rings. The van der Waals surface area contributed by atoms with E-state index < -0.39 is 12.2 Å². The van der Waals surface area contributed by atoms with Crippen LogP contribution in [-0.4, -0.2) is 52.3 Å². The van der Waals surface area contributed by atoms with Crippen LogP contribution in [-0.2, 0) is 4.79 Å². The molecule has 2 N–H and O–H groups in total. The van der Waals surface area contributed by atoms with E-state index in [-0.39, 0.29) is 12.5 Å². The zero-order chi connectivity index (χ0) is 21.0. The lowest BCUT2D eigenvalue weighted by Gasteiger charge is -2.45. The highest BCUT2D eigenvalue weighted by Crippen LogP contribution is 2.38. The number of nitrogens with one attached hydrogen (secondary N) is 2. The van der Waals surface area contributed by atoms with Gasteiger partial charge in [-0.05, 0) is 30.7 Å². The molecule has 150 valence electrons. The molecule has 1 amide bonds. The molecule has 1 fully saturated rings. The minimum atomic E-state index is -1.25. The Balaban J connectivity index is 0.00000117. The van der Waals surface area contributed by atoms with Gasteiger partial charge in [0.2, 0.25) is 0 Å². The van der Waals surface area contributed by atoms with E-state index in [1.807, 2.05) is 24.8 Å². The molecule has 29 heavy (non-hydrogen) atoms. The van der Waals surface area contributed by atoms with Crippen LogP contribution in [0.3, 0.4) is 0 Å². The van der Waals surface area contributed by atoms with E-state index in [2.05, 4.69) is 9.97 Å². The zero-order valence-electron chi connectivity index (χ0n) is 16.4. The van der Waals surface area contributed by atoms with E-state index >= 15 is 4.39 Å². The third kappa shape index (κ3) is 3.63. The summed E-state index contributed by atoms with van der Waals surface area (Å²) < 4.78 is 15.0. The highest BCUT2D eigenvalue weighted by Gasteiger charge is 2.45. The Bertz CT molecular complexity index is 945. The summed E-state index contributed by atoms with van der Waals surface area (Å²) in [6.07, 6.45) is 3.42. The first kappa shape index (κ1) is 20.3. The molecule has 4 rings (SSSR count). The van der Waals surface area contributed by atoms with E-state index in [0.717, 1.165) is 6.21 Å². The molecule has 0 bridgehead atoms. The van der Waals surface area contributed by atoms with Gasteiger partial charge in [0.1, 0.15) is 18.1 Å². The molecule has 7 nitrogen and oxygen atoms in total. The van der Waals surface area contributed by atoms with Gasteiger partial charge in [0, 0.05) is 25.2 Å². The maximum absolute atomic E-state index is 15.0. The smallest absolute Gasteiger partial charge is 0.262 e. The second-order valence-electron chi connectivity index (χ2n) is 6.50. The van der Waals surface area contributed by atoms with Gasteiger partial charge in [-0.2, -0.15) is 5.26 Å². The Morgan fingerprint density at radius 3 is 2.72 bits per heavy atom. The molecule has 1 saturated heterocycles. The summed E-state index contributed by atoms with van der Waals surface area (Å²) in [5, 5.41) is 16.3. The number of amides is 1. The Kier molecular flexibility index (Phi) is 6.07. The number of pyridine rings is 1. The number of halogens is 1. The molecule has 2 unspecified atom stereocenters. The normalized spacial score (nSPS) is 21.1. The van der Waals surface area contributed by atoms with Crippen LogP contribution in [0.1, 0.15) is 31.5 Å². The number of rotatable bonds is 4. The van der Waals surface area contributed by atoms with Crippen LogP contribution in [0.4, 0.5) is 10.2 Å². The molecule has 2 aromatic heterocycles. The fraction of sp³-hybridized carbons (Fsp3) is 0.333. The standard InChI is InChI=1S/C19H17FN6O.C2H6/c20-14-11-25(17-4-3-12(8-21)10-24-17)7-5-16(14)26-18(13(9-22)19(26)27)15-2-1-6-23-15;1-2/h1-4,6,9-10,14,16,22-23H,5,7,11H2;1-2H3. The average Bonchev–Trinajstić information content (AvgIpc) is 3.29. The lowest BCUT2D eigenvalue weighted by Crippen LogP contribution is -2.57. The van der Waals surface area contributed by atoms with E-state index in [1.54, 1.807) is 30.5 Å². The number of aromatic nitrogens is 2. The summed E-state index contributed by atoms with van der Waals surface area (Å²) >= 11 is 0. The van der Waals surface area contributed by atoms with Gasteiger partial charge in [0.25, 0.3) is 5.91 Å². The summed E-state index contributed by atoms with van der Waals surface area (Å²) in [5.74, 6) is 0.303.